The second-order valence-corrected chi connectivity index (χ2v) is 2.85. The Labute approximate surface area is 79.1 Å². The van der Waals surface area contributed by atoms with Crippen LogP contribution in [-0.4, -0.2) is 0 Å². The van der Waals surface area contributed by atoms with Crippen molar-refractivity contribution in [2.75, 3.05) is 0 Å². The van der Waals surface area contributed by atoms with Crippen molar-refractivity contribution in [3.63, 3.8) is 0 Å². The zero-order valence-corrected chi connectivity index (χ0v) is 9.61. The molecule has 0 aromatic heterocycles. The van der Waals surface area contributed by atoms with Gasteiger partial charge < -0.3 is 5.73 Å². The van der Waals surface area contributed by atoms with E-state index in [4.69, 9.17) is 5.73 Å². The van der Waals surface area contributed by atoms with Gasteiger partial charge >= 0.3 is 0 Å². The van der Waals surface area contributed by atoms with Gasteiger partial charge in [-0.3, -0.25) is 0 Å². The predicted molar refractivity (Wildman–Crippen MR) is 60.2 cm³/mol. The largest absolute Gasteiger partial charge is 0.403 e. The standard InChI is InChI=1S/2C4H10.C3H7N/c2*1-3-4-2;1-3(2)4/h2*3-4H2,1-2H3;1,4H2,2H3. The molecule has 1 heteroatoms. The quantitative estimate of drug-likeness (QED) is 0.668. The molecule has 0 saturated carbocycles. The van der Waals surface area contributed by atoms with E-state index in [0.29, 0.717) is 5.70 Å². The molecule has 0 aromatic rings. The Hall–Kier alpha value is -0.460. The van der Waals surface area contributed by atoms with Crippen molar-refractivity contribution in [2.45, 2.75) is 60.3 Å². The third-order valence-electron chi connectivity index (χ3n) is 1.000. The van der Waals surface area contributed by atoms with Crippen LogP contribution in [0.4, 0.5) is 0 Å². The number of nitrogens with two attached hydrogens (primary N) is 1. The molecule has 0 radical (unpaired) electrons. The fourth-order valence-corrected chi connectivity index (χ4v) is 0. The van der Waals surface area contributed by atoms with Gasteiger partial charge in [0.15, 0.2) is 0 Å². The molecule has 0 atom stereocenters. The van der Waals surface area contributed by atoms with E-state index >= 15 is 0 Å². The maximum Gasteiger partial charge on any atom is -0.00242 e. The number of rotatable bonds is 2. The average molecular weight is 173 g/mol. The van der Waals surface area contributed by atoms with Gasteiger partial charge in [-0.15, -0.1) is 0 Å². The van der Waals surface area contributed by atoms with Crippen LogP contribution in [0.15, 0.2) is 12.3 Å². The Morgan fingerprint density at radius 2 is 1.00 bits per heavy atom. The second-order valence-electron chi connectivity index (χ2n) is 2.85. The zero-order valence-electron chi connectivity index (χ0n) is 9.61. The molecule has 0 aliphatic heterocycles. The number of allylic oxidation sites excluding steroid dienone is 1. The molecule has 0 fully saturated rings. The molecule has 12 heavy (non-hydrogen) atoms. The molecule has 0 aliphatic rings. The first-order chi connectivity index (χ1) is 5.56. The van der Waals surface area contributed by atoms with Gasteiger partial charge in [-0.05, 0) is 12.6 Å². The fraction of sp³-hybridized carbons (Fsp3) is 0.818. The molecule has 0 spiro atoms. The van der Waals surface area contributed by atoms with E-state index in [2.05, 4.69) is 34.3 Å². The van der Waals surface area contributed by atoms with Gasteiger partial charge in [0.25, 0.3) is 0 Å². The fourth-order valence-electron chi connectivity index (χ4n) is 0. The third kappa shape index (κ3) is 293. The Kier molecular flexibility index (Phi) is 32.9. The molecule has 0 heterocycles. The van der Waals surface area contributed by atoms with Gasteiger partial charge in [-0.1, -0.05) is 60.0 Å². The summed E-state index contributed by atoms with van der Waals surface area (Å²) in [5.74, 6) is 0. The minimum Gasteiger partial charge on any atom is -0.403 e. The lowest BCUT2D eigenvalue weighted by Crippen LogP contribution is -1.83. The van der Waals surface area contributed by atoms with Crippen LogP contribution in [0.1, 0.15) is 60.3 Å². The van der Waals surface area contributed by atoms with E-state index in [1.165, 1.54) is 25.7 Å². The highest BCUT2D eigenvalue weighted by atomic mass is 14.5. The van der Waals surface area contributed by atoms with Gasteiger partial charge in [-0.2, -0.15) is 0 Å². The molecular formula is C11H27N. The molecule has 0 bridgehead atoms. The summed E-state index contributed by atoms with van der Waals surface area (Å²) < 4.78 is 0. The maximum atomic E-state index is 4.92. The molecule has 1 nitrogen and oxygen atoms in total. The van der Waals surface area contributed by atoms with Crippen molar-refractivity contribution >= 4 is 0 Å². The maximum absolute atomic E-state index is 4.92. The van der Waals surface area contributed by atoms with Gasteiger partial charge in [-0.25, -0.2) is 0 Å². The summed E-state index contributed by atoms with van der Waals surface area (Å²) in [5, 5.41) is 0. The summed E-state index contributed by atoms with van der Waals surface area (Å²) in [4.78, 5) is 0. The van der Waals surface area contributed by atoms with Crippen LogP contribution in [-0.2, 0) is 0 Å². The summed E-state index contributed by atoms with van der Waals surface area (Å²) in [5.41, 5.74) is 5.58. The Balaban J connectivity index is -0.000000101. The topological polar surface area (TPSA) is 26.0 Å². The molecule has 0 aliphatic carbocycles. The number of hydrogen-bond donors (Lipinski definition) is 1. The third-order valence-corrected chi connectivity index (χ3v) is 1.000. The summed E-state index contributed by atoms with van der Waals surface area (Å²) in [7, 11) is 0. The smallest absolute Gasteiger partial charge is 0.00242 e. The minimum absolute atomic E-state index is 0.667. The molecule has 76 valence electrons. The summed E-state index contributed by atoms with van der Waals surface area (Å²) >= 11 is 0. The second kappa shape index (κ2) is 22.4. The highest BCUT2D eigenvalue weighted by molar-refractivity contribution is 4.76. The lowest BCUT2D eigenvalue weighted by Gasteiger charge is -1.69. The molecule has 0 saturated heterocycles. The number of hydrogen-bond acceptors (Lipinski definition) is 1. The van der Waals surface area contributed by atoms with E-state index < -0.39 is 0 Å². The lowest BCUT2D eigenvalue weighted by atomic mass is 10.4. The van der Waals surface area contributed by atoms with Crippen molar-refractivity contribution in [3.05, 3.63) is 12.3 Å². The molecule has 0 amide bonds. The van der Waals surface area contributed by atoms with Crippen molar-refractivity contribution in [1.29, 1.82) is 0 Å². The van der Waals surface area contributed by atoms with Crippen LogP contribution in [0.25, 0.3) is 0 Å². The van der Waals surface area contributed by atoms with Gasteiger partial charge in [0.05, 0.1) is 0 Å². The number of unbranched alkanes of at least 4 members (excludes halogenated alkanes) is 2. The van der Waals surface area contributed by atoms with Gasteiger partial charge in [0.2, 0.25) is 0 Å². The van der Waals surface area contributed by atoms with Gasteiger partial charge in [0.1, 0.15) is 0 Å². The Bertz CT molecular complexity index is 55.4. The van der Waals surface area contributed by atoms with Crippen molar-refractivity contribution in [2.24, 2.45) is 5.73 Å². The van der Waals surface area contributed by atoms with E-state index in [9.17, 15) is 0 Å². The normalized spacial score (nSPS) is 7.08. The first kappa shape index (κ1) is 17.6. The average Bonchev–Trinajstić information content (AvgIpc) is 2.03. The summed E-state index contributed by atoms with van der Waals surface area (Å²) in [6, 6.07) is 0. The van der Waals surface area contributed by atoms with Crippen LogP contribution in [0, 0.1) is 0 Å². The van der Waals surface area contributed by atoms with Crippen LogP contribution in [0.2, 0.25) is 0 Å². The Morgan fingerprint density at radius 3 is 1.00 bits per heavy atom. The van der Waals surface area contributed by atoms with Crippen LogP contribution in [0.3, 0.4) is 0 Å². The Morgan fingerprint density at radius 1 is 0.917 bits per heavy atom. The molecule has 0 aromatic carbocycles. The van der Waals surface area contributed by atoms with Crippen LogP contribution in [0.5, 0.6) is 0 Å². The lowest BCUT2D eigenvalue weighted by molar-refractivity contribution is 0.886. The van der Waals surface area contributed by atoms with E-state index in [0.717, 1.165) is 0 Å². The highest BCUT2D eigenvalue weighted by Crippen LogP contribution is 1.77. The zero-order chi connectivity index (χ0) is 10.4. The summed E-state index contributed by atoms with van der Waals surface area (Å²) in [6.45, 7) is 13.8. The molecule has 0 rings (SSSR count). The van der Waals surface area contributed by atoms with E-state index in [1.54, 1.807) is 6.92 Å². The highest BCUT2D eigenvalue weighted by Gasteiger charge is 1.56. The minimum atomic E-state index is 0.667. The first-order valence-electron chi connectivity index (χ1n) is 4.97. The van der Waals surface area contributed by atoms with Crippen molar-refractivity contribution in [3.8, 4) is 0 Å². The predicted octanol–water partition coefficient (Wildman–Crippen LogP) is 4.09. The first-order valence-corrected chi connectivity index (χ1v) is 4.97. The van der Waals surface area contributed by atoms with Crippen molar-refractivity contribution < 1.29 is 0 Å². The SMILES string of the molecule is C=C(C)N.CCCC.CCCC. The van der Waals surface area contributed by atoms with E-state index in [-0.39, 0.29) is 0 Å². The van der Waals surface area contributed by atoms with Crippen molar-refractivity contribution in [1.82, 2.24) is 0 Å². The monoisotopic (exact) mass is 173 g/mol. The van der Waals surface area contributed by atoms with Crippen LogP contribution >= 0.6 is 0 Å². The van der Waals surface area contributed by atoms with E-state index in [1.807, 2.05) is 0 Å². The summed E-state index contributed by atoms with van der Waals surface area (Å²) in [6.07, 6.45) is 5.28. The van der Waals surface area contributed by atoms with Crippen LogP contribution < -0.4 is 5.73 Å². The molecule has 0 unspecified atom stereocenters. The van der Waals surface area contributed by atoms with Gasteiger partial charge in [0, 0.05) is 0 Å². The molecule has 2 N–H and O–H groups in total. The molecular weight excluding hydrogens is 146 g/mol.